The summed E-state index contributed by atoms with van der Waals surface area (Å²) in [6, 6.07) is 3.40. The van der Waals surface area contributed by atoms with Crippen molar-refractivity contribution in [3.63, 3.8) is 0 Å². The number of rotatable bonds is 4. The summed E-state index contributed by atoms with van der Waals surface area (Å²) in [5, 5.41) is 0.763. The first-order valence-corrected chi connectivity index (χ1v) is 5.36. The van der Waals surface area contributed by atoms with Gasteiger partial charge in [-0.25, -0.2) is 0 Å². The van der Waals surface area contributed by atoms with Gasteiger partial charge in [-0.15, -0.1) is 0 Å². The number of methoxy groups -OCH3 is 2. The van der Waals surface area contributed by atoms with Gasteiger partial charge in [-0.1, -0.05) is 0 Å². The van der Waals surface area contributed by atoms with Crippen LogP contribution in [-0.4, -0.2) is 31.3 Å². The average Bonchev–Trinajstić information content (AvgIpc) is 2.79. The van der Waals surface area contributed by atoms with E-state index < -0.39 is 0 Å². The second-order valence-corrected chi connectivity index (χ2v) is 3.85. The van der Waals surface area contributed by atoms with Crippen LogP contribution in [0.3, 0.4) is 0 Å². The highest BCUT2D eigenvalue weighted by Gasteiger charge is 2.17. The Morgan fingerprint density at radius 2 is 2.00 bits per heavy atom. The summed E-state index contributed by atoms with van der Waals surface area (Å²) in [4.78, 5) is 25.4. The quantitative estimate of drug-likeness (QED) is 0.664. The van der Waals surface area contributed by atoms with Gasteiger partial charge >= 0.3 is 0 Å². The van der Waals surface area contributed by atoms with Crippen LogP contribution in [-0.2, 0) is 0 Å². The van der Waals surface area contributed by atoms with E-state index in [1.54, 1.807) is 12.1 Å². The smallest absolute Gasteiger partial charge is 0.175 e. The minimum atomic E-state index is -0.0835. The van der Waals surface area contributed by atoms with Crippen molar-refractivity contribution in [3.8, 4) is 11.5 Å². The van der Waals surface area contributed by atoms with E-state index in [2.05, 4.69) is 4.98 Å². The van der Waals surface area contributed by atoms with Crippen LogP contribution in [0.15, 0.2) is 12.1 Å². The summed E-state index contributed by atoms with van der Waals surface area (Å²) in [7, 11) is 2.95. The van der Waals surface area contributed by atoms with Crippen LogP contribution < -0.4 is 9.47 Å². The molecular formula is C13H13NO4. The molecule has 5 heteroatoms. The molecule has 1 heterocycles. The van der Waals surface area contributed by atoms with E-state index in [0.29, 0.717) is 34.6 Å². The fourth-order valence-corrected chi connectivity index (χ4v) is 1.92. The molecule has 0 aliphatic rings. The molecule has 1 aromatic heterocycles. The third kappa shape index (κ3) is 1.73. The highest BCUT2D eigenvalue weighted by molar-refractivity contribution is 6.03. The first-order chi connectivity index (χ1) is 8.62. The zero-order valence-corrected chi connectivity index (χ0v) is 10.4. The maximum atomic E-state index is 11.4. The van der Waals surface area contributed by atoms with Crippen LogP contribution >= 0.6 is 0 Å². The van der Waals surface area contributed by atoms with Gasteiger partial charge in [0.1, 0.15) is 11.3 Å². The number of ether oxygens (including phenoxy) is 2. The lowest BCUT2D eigenvalue weighted by Gasteiger charge is -2.09. The number of carbonyl (C=O) groups excluding carboxylic acids is 2. The minimum Gasteiger partial charge on any atom is -0.496 e. The molecule has 5 nitrogen and oxygen atoms in total. The number of aromatic amines is 1. The maximum absolute atomic E-state index is 11.4. The molecule has 0 unspecified atom stereocenters. The van der Waals surface area contributed by atoms with Crippen molar-refractivity contribution in [2.45, 2.75) is 6.92 Å². The van der Waals surface area contributed by atoms with Crippen LogP contribution in [0.4, 0.5) is 0 Å². The van der Waals surface area contributed by atoms with E-state index in [4.69, 9.17) is 9.47 Å². The molecule has 0 saturated carbocycles. The van der Waals surface area contributed by atoms with Gasteiger partial charge in [0.15, 0.2) is 17.8 Å². The summed E-state index contributed by atoms with van der Waals surface area (Å²) >= 11 is 0. The fraction of sp³-hybridized carbons (Fsp3) is 0.231. The van der Waals surface area contributed by atoms with Gasteiger partial charge in [-0.05, 0) is 12.1 Å². The summed E-state index contributed by atoms with van der Waals surface area (Å²) in [5.74, 6) is 0.718. The largest absolute Gasteiger partial charge is 0.496 e. The molecule has 2 aromatic rings. The van der Waals surface area contributed by atoms with Crippen molar-refractivity contribution in [1.29, 1.82) is 0 Å². The average molecular weight is 247 g/mol. The predicted molar refractivity (Wildman–Crippen MR) is 66.8 cm³/mol. The Morgan fingerprint density at radius 1 is 1.28 bits per heavy atom. The molecule has 0 spiro atoms. The lowest BCUT2D eigenvalue weighted by atomic mass is 10.1. The third-order valence-corrected chi connectivity index (χ3v) is 2.79. The molecule has 18 heavy (non-hydrogen) atoms. The fourth-order valence-electron chi connectivity index (χ4n) is 1.92. The summed E-state index contributed by atoms with van der Waals surface area (Å²) < 4.78 is 10.4. The molecule has 0 bridgehead atoms. The number of hydrogen-bond donors (Lipinski definition) is 1. The Labute approximate surface area is 104 Å². The van der Waals surface area contributed by atoms with Crippen LogP contribution in [0.25, 0.3) is 10.9 Å². The summed E-state index contributed by atoms with van der Waals surface area (Å²) in [6.07, 6.45) is 0.672. The van der Waals surface area contributed by atoms with Gasteiger partial charge in [0, 0.05) is 12.3 Å². The molecule has 0 radical (unpaired) electrons. The highest BCUT2D eigenvalue weighted by Crippen LogP contribution is 2.35. The van der Waals surface area contributed by atoms with Crippen LogP contribution in [0.2, 0.25) is 0 Å². The molecule has 0 fully saturated rings. The Bertz CT molecular complexity index is 627. The van der Waals surface area contributed by atoms with Crippen LogP contribution in [0.1, 0.15) is 27.8 Å². The minimum absolute atomic E-state index is 0.0835. The zero-order valence-electron chi connectivity index (χ0n) is 10.4. The van der Waals surface area contributed by atoms with E-state index in [1.165, 1.54) is 21.1 Å². The number of fused-ring (bicyclic) bond motifs is 1. The number of ketones is 1. The van der Waals surface area contributed by atoms with Crippen molar-refractivity contribution in [1.82, 2.24) is 4.98 Å². The van der Waals surface area contributed by atoms with Gasteiger partial charge in [0.05, 0.1) is 25.4 Å². The van der Waals surface area contributed by atoms with E-state index in [0.717, 1.165) is 5.39 Å². The van der Waals surface area contributed by atoms with E-state index >= 15 is 0 Å². The lowest BCUT2D eigenvalue weighted by Crippen LogP contribution is -1.96. The molecule has 0 atom stereocenters. The number of carbonyl (C=O) groups is 2. The number of hydrogen-bond acceptors (Lipinski definition) is 4. The van der Waals surface area contributed by atoms with Gasteiger partial charge in [-0.2, -0.15) is 0 Å². The molecule has 0 aliphatic heterocycles. The topological polar surface area (TPSA) is 68.4 Å². The van der Waals surface area contributed by atoms with E-state index in [9.17, 15) is 9.59 Å². The predicted octanol–water partition coefficient (Wildman–Crippen LogP) is 2.20. The second kappa shape index (κ2) is 4.52. The normalized spacial score (nSPS) is 10.4. The number of aromatic nitrogens is 1. The number of Topliss-reactive ketones (excluding diaryl/α,β-unsaturated/α-hetero) is 1. The molecule has 0 aliphatic carbocycles. The van der Waals surface area contributed by atoms with Gasteiger partial charge in [0.25, 0.3) is 0 Å². The maximum Gasteiger partial charge on any atom is 0.175 e. The molecule has 2 rings (SSSR count). The van der Waals surface area contributed by atoms with Gasteiger partial charge in [0.2, 0.25) is 0 Å². The first-order valence-electron chi connectivity index (χ1n) is 5.36. The Kier molecular flexibility index (Phi) is 3.06. The molecule has 1 N–H and O–H groups in total. The van der Waals surface area contributed by atoms with Gasteiger partial charge < -0.3 is 14.5 Å². The van der Waals surface area contributed by atoms with Crippen LogP contribution in [0, 0.1) is 0 Å². The standard InChI is InChI=1S/C13H13NO4/c1-7(16)10-4-8-5-11(17-2)9(6-15)13(18-3)12(8)14-10/h4-6,14H,1-3H3. The third-order valence-electron chi connectivity index (χ3n) is 2.79. The Balaban J connectivity index is 2.83. The van der Waals surface area contributed by atoms with E-state index in [-0.39, 0.29) is 5.78 Å². The zero-order chi connectivity index (χ0) is 13.3. The first kappa shape index (κ1) is 12.2. The SMILES string of the molecule is COc1cc2cc(C(C)=O)[nH]c2c(OC)c1C=O. The van der Waals surface area contributed by atoms with Crippen LogP contribution in [0.5, 0.6) is 11.5 Å². The number of H-pyrrole nitrogens is 1. The van der Waals surface area contributed by atoms with Crippen molar-refractivity contribution < 1.29 is 19.1 Å². The van der Waals surface area contributed by atoms with Crippen molar-refractivity contribution in [2.75, 3.05) is 14.2 Å². The van der Waals surface area contributed by atoms with Crippen molar-refractivity contribution in [3.05, 3.63) is 23.4 Å². The van der Waals surface area contributed by atoms with Crippen molar-refractivity contribution >= 4 is 23.0 Å². The monoisotopic (exact) mass is 247 g/mol. The Hall–Kier alpha value is -2.30. The summed E-state index contributed by atoms with van der Waals surface area (Å²) in [5.41, 5.74) is 1.41. The molecule has 0 amide bonds. The van der Waals surface area contributed by atoms with Crippen molar-refractivity contribution in [2.24, 2.45) is 0 Å². The molecule has 0 saturated heterocycles. The number of benzene rings is 1. The molecular weight excluding hydrogens is 234 g/mol. The number of aldehydes is 1. The van der Waals surface area contributed by atoms with Gasteiger partial charge in [-0.3, -0.25) is 9.59 Å². The second-order valence-electron chi connectivity index (χ2n) is 3.85. The molecule has 94 valence electrons. The number of nitrogens with one attached hydrogen (secondary N) is 1. The van der Waals surface area contributed by atoms with E-state index in [1.807, 2.05) is 0 Å². The molecule has 1 aromatic carbocycles. The lowest BCUT2D eigenvalue weighted by molar-refractivity contribution is 0.101. The highest BCUT2D eigenvalue weighted by atomic mass is 16.5. The summed E-state index contributed by atoms with van der Waals surface area (Å²) in [6.45, 7) is 1.47. The Morgan fingerprint density at radius 3 is 2.50 bits per heavy atom.